The molecule has 0 bridgehead atoms. The number of aryl methyl sites for hydroxylation is 2. The van der Waals surface area contributed by atoms with Crippen LogP contribution in [-0.2, 0) is 13.1 Å². The Bertz CT molecular complexity index is 873. The molecule has 6 heteroatoms. The standard InChI is InChI=1S/C20H25N5O/c26-20-24(16-6-15-23-13-4-5-14-23)22-19(17-9-11-21-12-10-17)25(20)18-7-2-1-3-8-18/h1-5,7-8,13-14,17,21H,6,9-12,15-16H2. The van der Waals surface area contributed by atoms with Gasteiger partial charge in [-0.1, -0.05) is 18.2 Å². The SMILES string of the molecule is O=c1n(CCCn2cccc2)nc(C2CCNCC2)n1-c1ccccc1. The maximum Gasteiger partial charge on any atom is 0.350 e. The fourth-order valence-electron chi connectivity index (χ4n) is 3.66. The van der Waals surface area contributed by atoms with Crippen LogP contribution in [0.25, 0.3) is 5.69 Å². The molecule has 6 nitrogen and oxygen atoms in total. The van der Waals surface area contributed by atoms with Gasteiger partial charge >= 0.3 is 5.69 Å². The van der Waals surface area contributed by atoms with Crippen molar-refractivity contribution in [3.63, 3.8) is 0 Å². The molecule has 26 heavy (non-hydrogen) atoms. The van der Waals surface area contributed by atoms with Crippen molar-refractivity contribution in [1.82, 2.24) is 24.2 Å². The molecule has 0 saturated carbocycles. The van der Waals surface area contributed by atoms with Gasteiger partial charge in [-0.15, -0.1) is 0 Å². The van der Waals surface area contributed by atoms with E-state index in [1.165, 1.54) is 0 Å². The van der Waals surface area contributed by atoms with E-state index in [0.717, 1.165) is 50.4 Å². The van der Waals surface area contributed by atoms with Gasteiger partial charge in [-0.2, -0.15) is 5.10 Å². The summed E-state index contributed by atoms with van der Waals surface area (Å²) in [6, 6.07) is 13.9. The van der Waals surface area contributed by atoms with Crippen LogP contribution in [0.5, 0.6) is 0 Å². The third kappa shape index (κ3) is 3.51. The van der Waals surface area contributed by atoms with E-state index in [1.54, 1.807) is 4.68 Å². The maximum atomic E-state index is 13.1. The van der Waals surface area contributed by atoms with Gasteiger partial charge in [-0.05, 0) is 56.6 Å². The molecular formula is C20H25N5O. The van der Waals surface area contributed by atoms with Crippen molar-refractivity contribution in [2.45, 2.75) is 38.3 Å². The highest BCUT2D eigenvalue weighted by Gasteiger charge is 2.24. The molecule has 3 heterocycles. The molecule has 1 aliphatic heterocycles. The molecule has 1 N–H and O–H groups in total. The summed E-state index contributed by atoms with van der Waals surface area (Å²) in [6.07, 6.45) is 7.02. The molecule has 0 unspecified atom stereocenters. The number of aromatic nitrogens is 4. The number of hydrogen-bond donors (Lipinski definition) is 1. The number of benzene rings is 1. The summed E-state index contributed by atoms with van der Waals surface area (Å²) in [5.41, 5.74) is 0.875. The number of nitrogens with one attached hydrogen (secondary N) is 1. The van der Waals surface area contributed by atoms with Crippen LogP contribution < -0.4 is 11.0 Å². The van der Waals surface area contributed by atoms with Gasteiger partial charge in [0.05, 0.1) is 5.69 Å². The van der Waals surface area contributed by atoms with Gasteiger partial charge in [0.2, 0.25) is 0 Å². The van der Waals surface area contributed by atoms with Gasteiger partial charge in [0.15, 0.2) is 0 Å². The molecule has 0 amide bonds. The molecule has 0 spiro atoms. The normalized spacial score (nSPS) is 15.4. The van der Waals surface area contributed by atoms with Crippen molar-refractivity contribution in [2.24, 2.45) is 0 Å². The highest BCUT2D eigenvalue weighted by atomic mass is 16.2. The van der Waals surface area contributed by atoms with E-state index in [-0.39, 0.29) is 5.69 Å². The van der Waals surface area contributed by atoms with Crippen molar-refractivity contribution in [3.05, 3.63) is 71.2 Å². The molecule has 3 aromatic rings. The molecular weight excluding hydrogens is 326 g/mol. The Morgan fingerprint density at radius 2 is 1.73 bits per heavy atom. The van der Waals surface area contributed by atoms with Gasteiger partial charge < -0.3 is 9.88 Å². The third-order valence-corrected chi connectivity index (χ3v) is 5.04. The molecule has 2 aromatic heterocycles. The first kappa shape index (κ1) is 16.8. The number of hydrogen-bond acceptors (Lipinski definition) is 3. The smallest absolute Gasteiger partial charge is 0.350 e. The van der Waals surface area contributed by atoms with Crippen molar-refractivity contribution < 1.29 is 0 Å². The topological polar surface area (TPSA) is 56.8 Å². The van der Waals surface area contributed by atoms with Crippen LogP contribution in [-0.4, -0.2) is 32.0 Å². The summed E-state index contributed by atoms with van der Waals surface area (Å²) >= 11 is 0. The monoisotopic (exact) mass is 351 g/mol. The fourth-order valence-corrected chi connectivity index (χ4v) is 3.66. The largest absolute Gasteiger partial charge is 0.354 e. The van der Waals surface area contributed by atoms with Gasteiger partial charge in [-0.25, -0.2) is 14.0 Å². The first-order valence-corrected chi connectivity index (χ1v) is 9.39. The van der Waals surface area contributed by atoms with E-state index in [0.29, 0.717) is 12.5 Å². The lowest BCUT2D eigenvalue weighted by atomic mass is 9.97. The second-order valence-electron chi connectivity index (χ2n) is 6.83. The van der Waals surface area contributed by atoms with Gasteiger partial charge in [-0.3, -0.25) is 0 Å². The second-order valence-corrected chi connectivity index (χ2v) is 6.83. The van der Waals surface area contributed by atoms with Crippen molar-refractivity contribution in [2.75, 3.05) is 13.1 Å². The van der Waals surface area contributed by atoms with Gasteiger partial charge in [0.25, 0.3) is 0 Å². The Balaban J connectivity index is 1.62. The first-order valence-electron chi connectivity index (χ1n) is 9.39. The second kappa shape index (κ2) is 7.74. The van der Waals surface area contributed by atoms with E-state index in [4.69, 9.17) is 5.10 Å². The van der Waals surface area contributed by atoms with Gasteiger partial charge in [0, 0.05) is 31.4 Å². The minimum Gasteiger partial charge on any atom is -0.354 e. The number of para-hydroxylation sites is 1. The van der Waals surface area contributed by atoms with Crippen LogP contribution in [0.3, 0.4) is 0 Å². The average molecular weight is 351 g/mol. The summed E-state index contributed by atoms with van der Waals surface area (Å²) in [4.78, 5) is 13.1. The van der Waals surface area contributed by atoms with Crippen molar-refractivity contribution in [3.8, 4) is 5.69 Å². The minimum absolute atomic E-state index is 0.0303. The van der Waals surface area contributed by atoms with E-state index in [1.807, 2.05) is 59.4 Å². The third-order valence-electron chi connectivity index (χ3n) is 5.04. The Morgan fingerprint density at radius 1 is 1.00 bits per heavy atom. The zero-order chi connectivity index (χ0) is 17.8. The van der Waals surface area contributed by atoms with Gasteiger partial charge in [0.1, 0.15) is 5.82 Å². The zero-order valence-corrected chi connectivity index (χ0v) is 14.9. The quantitative estimate of drug-likeness (QED) is 0.742. The Morgan fingerprint density at radius 3 is 2.46 bits per heavy atom. The van der Waals surface area contributed by atoms with E-state index >= 15 is 0 Å². The number of piperidine rings is 1. The summed E-state index contributed by atoms with van der Waals surface area (Å²) in [6.45, 7) is 3.48. The van der Waals surface area contributed by atoms with Crippen LogP contribution in [0.4, 0.5) is 0 Å². The molecule has 0 radical (unpaired) electrons. The summed E-state index contributed by atoms with van der Waals surface area (Å²) < 4.78 is 5.59. The highest BCUT2D eigenvalue weighted by molar-refractivity contribution is 5.33. The average Bonchev–Trinajstić information content (AvgIpc) is 3.32. The fraction of sp³-hybridized carbons (Fsp3) is 0.400. The molecule has 1 aromatic carbocycles. The lowest BCUT2D eigenvalue weighted by Crippen LogP contribution is -2.29. The van der Waals surface area contributed by atoms with Crippen LogP contribution in [0, 0.1) is 0 Å². The molecule has 4 rings (SSSR count). The summed E-state index contributed by atoms with van der Waals surface area (Å²) in [7, 11) is 0. The van der Waals surface area contributed by atoms with E-state index in [2.05, 4.69) is 9.88 Å². The van der Waals surface area contributed by atoms with Crippen LogP contribution in [0.15, 0.2) is 59.7 Å². The lowest BCUT2D eigenvalue weighted by molar-refractivity contribution is 0.435. The Kier molecular flexibility index (Phi) is 5.02. The molecule has 1 aliphatic rings. The first-order chi connectivity index (χ1) is 12.8. The summed E-state index contributed by atoms with van der Waals surface area (Å²) in [5, 5.41) is 8.15. The predicted octanol–water partition coefficient (Wildman–Crippen LogP) is 2.39. The van der Waals surface area contributed by atoms with Crippen LogP contribution in [0.1, 0.15) is 31.0 Å². The lowest BCUT2D eigenvalue weighted by Gasteiger charge is -2.22. The van der Waals surface area contributed by atoms with Crippen molar-refractivity contribution in [1.29, 1.82) is 0 Å². The Hall–Kier alpha value is -2.60. The van der Waals surface area contributed by atoms with Crippen LogP contribution >= 0.6 is 0 Å². The van der Waals surface area contributed by atoms with E-state index in [9.17, 15) is 4.79 Å². The molecule has 0 atom stereocenters. The molecule has 0 aliphatic carbocycles. The van der Waals surface area contributed by atoms with E-state index < -0.39 is 0 Å². The maximum absolute atomic E-state index is 13.1. The molecule has 1 fully saturated rings. The van der Waals surface area contributed by atoms with Crippen LogP contribution in [0.2, 0.25) is 0 Å². The Labute approximate surface area is 153 Å². The highest BCUT2D eigenvalue weighted by Crippen LogP contribution is 2.24. The molecule has 136 valence electrons. The van der Waals surface area contributed by atoms with Crippen molar-refractivity contribution >= 4 is 0 Å². The zero-order valence-electron chi connectivity index (χ0n) is 14.9. The predicted molar refractivity (Wildman–Crippen MR) is 102 cm³/mol. The minimum atomic E-state index is -0.0303. The number of rotatable bonds is 6. The molecule has 1 saturated heterocycles. The summed E-state index contributed by atoms with van der Waals surface area (Å²) in [5.74, 6) is 1.23. The number of nitrogens with zero attached hydrogens (tertiary/aromatic N) is 4.